The summed E-state index contributed by atoms with van der Waals surface area (Å²) in [5.74, 6) is 2.94. The summed E-state index contributed by atoms with van der Waals surface area (Å²) in [7, 11) is 4.92. The molecule has 4 rings (SSSR count). The molecule has 0 aliphatic heterocycles. The van der Waals surface area contributed by atoms with Crippen LogP contribution in [0.2, 0.25) is 0 Å². The molecule has 0 saturated heterocycles. The molecule has 0 bridgehead atoms. The molecule has 0 amide bonds. The standard InChI is InChI=1S/C21H19N3O3/c1-25-16-7-4-14(5-8-16)15-6-11-20-22-23-21(24(20)13-15)18-10-9-17(26-2)12-19(18)27-3/h4-13H,1-3H3. The van der Waals surface area contributed by atoms with Crippen LogP contribution in [0.25, 0.3) is 28.2 Å². The second-order valence-electron chi connectivity index (χ2n) is 5.96. The van der Waals surface area contributed by atoms with Crippen LogP contribution < -0.4 is 14.2 Å². The van der Waals surface area contributed by atoms with Crippen LogP contribution in [0.4, 0.5) is 0 Å². The van der Waals surface area contributed by atoms with Gasteiger partial charge >= 0.3 is 0 Å². The van der Waals surface area contributed by atoms with E-state index in [9.17, 15) is 0 Å². The number of aromatic nitrogens is 3. The van der Waals surface area contributed by atoms with E-state index < -0.39 is 0 Å². The molecular formula is C21H19N3O3. The minimum absolute atomic E-state index is 0.679. The maximum Gasteiger partial charge on any atom is 0.172 e. The molecule has 0 N–H and O–H groups in total. The lowest BCUT2D eigenvalue weighted by Gasteiger charge is -2.10. The van der Waals surface area contributed by atoms with E-state index in [2.05, 4.69) is 10.2 Å². The first kappa shape index (κ1) is 16.9. The lowest BCUT2D eigenvalue weighted by atomic mass is 10.1. The average molecular weight is 361 g/mol. The maximum absolute atomic E-state index is 5.53. The van der Waals surface area contributed by atoms with Gasteiger partial charge in [0.25, 0.3) is 0 Å². The number of pyridine rings is 1. The predicted molar refractivity (Wildman–Crippen MR) is 104 cm³/mol. The second kappa shape index (κ2) is 6.99. The molecule has 4 aromatic rings. The van der Waals surface area contributed by atoms with Gasteiger partial charge in [0.15, 0.2) is 11.5 Å². The molecule has 0 atom stereocenters. The first-order valence-electron chi connectivity index (χ1n) is 8.45. The molecule has 2 aromatic carbocycles. The Labute approximate surface area is 157 Å². The third-order valence-corrected chi connectivity index (χ3v) is 4.48. The van der Waals surface area contributed by atoms with E-state index in [0.29, 0.717) is 11.6 Å². The van der Waals surface area contributed by atoms with Crippen LogP contribution in [0.3, 0.4) is 0 Å². The van der Waals surface area contributed by atoms with Gasteiger partial charge in [-0.2, -0.15) is 0 Å². The van der Waals surface area contributed by atoms with Gasteiger partial charge in [-0.25, -0.2) is 0 Å². The van der Waals surface area contributed by atoms with E-state index in [-0.39, 0.29) is 0 Å². The summed E-state index contributed by atoms with van der Waals surface area (Å²) in [5.41, 5.74) is 3.75. The highest BCUT2D eigenvalue weighted by Crippen LogP contribution is 2.33. The van der Waals surface area contributed by atoms with Crippen molar-refractivity contribution in [2.75, 3.05) is 21.3 Å². The van der Waals surface area contributed by atoms with Gasteiger partial charge in [-0.3, -0.25) is 4.40 Å². The van der Waals surface area contributed by atoms with Gasteiger partial charge in [0.05, 0.1) is 26.9 Å². The summed E-state index contributed by atoms with van der Waals surface area (Å²) in [5, 5.41) is 8.65. The van der Waals surface area contributed by atoms with E-state index in [4.69, 9.17) is 14.2 Å². The smallest absolute Gasteiger partial charge is 0.172 e. The van der Waals surface area contributed by atoms with Crippen molar-refractivity contribution in [3.05, 3.63) is 60.8 Å². The molecule has 0 aliphatic rings. The van der Waals surface area contributed by atoms with Gasteiger partial charge in [0, 0.05) is 12.3 Å². The van der Waals surface area contributed by atoms with Crippen LogP contribution >= 0.6 is 0 Å². The number of methoxy groups -OCH3 is 3. The third-order valence-electron chi connectivity index (χ3n) is 4.48. The highest BCUT2D eigenvalue weighted by atomic mass is 16.5. The van der Waals surface area contributed by atoms with E-state index >= 15 is 0 Å². The Morgan fingerprint density at radius 2 is 1.41 bits per heavy atom. The summed E-state index contributed by atoms with van der Waals surface area (Å²) in [6.45, 7) is 0. The van der Waals surface area contributed by atoms with Crippen LogP contribution in [-0.2, 0) is 0 Å². The molecule has 0 aliphatic carbocycles. The molecule has 0 unspecified atom stereocenters. The minimum Gasteiger partial charge on any atom is -0.497 e. The summed E-state index contributed by atoms with van der Waals surface area (Å²) in [4.78, 5) is 0. The molecule has 6 heteroatoms. The van der Waals surface area contributed by atoms with Crippen molar-refractivity contribution >= 4 is 5.65 Å². The topological polar surface area (TPSA) is 57.9 Å². The lowest BCUT2D eigenvalue weighted by molar-refractivity contribution is 0.395. The second-order valence-corrected chi connectivity index (χ2v) is 5.96. The van der Waals surface area contributed by atoms with E-state index in [1.807, 2.05) is 65.2 Å². The largest absolute Gasteiger partial charge is 0.497 e. The van der Waals surface area contributed by atoms with Crippen LogP contribution in [0.5, 0.6) is 17.2 Å². The quantitative estimate of drug-likeness (QED) is 0.536. The minimum atomic E-state index is 0.679. The van der Waals surface area contributed by atoms with Crippen molar-refractivity contribution in [2.45, 2.75) is 0 Å². The molecule has 2 heterocycles. The van der Waals surface area contributed by atoms with Crippen molar-refractivity contribution in [1.82, 2.24) is 14.6 Å². The Kier molecular flexibility index (Phi) is 4.38. The fourth-order valence-corrected chi connectivity index (χ4v) is 3.01. The molecule has 0 fully saturated rings. The summed E-state index contributed by atoms with van der Waals surface area (Å²) in [6, 6.07) is 17.6. The number of hydrogen-bond donors (Lipinski definition) is 0. The van der Waals surface area contributed by atoms with Crippen LogP contribution in [0.15, 0.2) is 60.8 Å². The molecular weight excluding hydrogens is 342 g/mol. The average Bonchev–Trinajstić information content (AvgIpc) is 3.16. The monoisotopic (exact) mass is 361 g/mol. The number of nitrogens with zero attached hydrogens (tertiary/aromatic N) is 3. The van der Waals surface area contributed by atoms with E-state index in [0.717, 1.165) is 33.8 Å². The van der Waals surface area contributed by atoms with Crippen molar-refractivity contribution in [3.63, 3.8) is 0 Å². The van der Waals surface area contributed by atoms with Gasteiger partial charge < -0.3 is 14.2 Å². The zero-order valence-electron chi connectivity index (χ0n) is 15.3. The number of benzene rings is 2. The molecule has 27 heavy (non-hydrogen) atoms. The molecule has 2 aromatic heterocycles. The first-order valence-corrected chi connectivity index (χ1v) is 8.45. The van der Waals surface area contributed by atoms with Gasteiger partial charge in [-0.05, 0) is 47.5 Å². The van der Waals surface area contributed by atoms with Gasteiger partial charge in [-0.15, -0.1) is 10.2 Å². The number of rotatable bonds is 5. The fraction of sp³-hybridized carbons (Fsp3) is 0.143. The Morgan fingerprint density at radius 1 is 0.704 bits per heavy atom. The number of hydrogen-bond acceptors (Lipinski definition) is 5. The van der Waals surface area contributed by atoms with Gasteiger partial charge in [0.1, 0.15) is 17.2 Å². The SMILES string of the molecule is COc1ccc(-c2ccc3nnc(-c4ccc(OC)cc4OC)n3c2)cc1. The first-order chi connectivity index (χ1) is 13.2. The Balaban J connectivity index is 1.83. The van der Waals surface area contributed by atoms with E-state index in [1.54, 1.807) is 21.3 Å². The predicted octanol–water partition coefficient (Wildman–Crippen LogP) is 4.09. The Bertz CT molecular complexity index is 1090. The summed E-state index contributed by atoms with van der Waals surface area (Å²) < 4.78 is 18.0. The Morgan fingerprint density at radius 3 is 2.11 bits per heavy atom. The van der Waals surface area contributed by atoms with Gasteiger partial charge in [-0.1, -0.05) is 12.1 Å². The van der Waals surface area contributed by atoms with E-state index in [1.165, 1.54) is 0 Å². The lowest BCUT2D eigenvalue weighted by Crippen LogP contribution is -1.95. The normalized spacial score (nSPS) is 10.8. The van der Waals surface area contributed by atoms with Crippen molar-refractivity contribution in [3.8, 4) is 39.8 Å². The number of fused-ring (bicyclic) bond motifs is 1. The zero-order chi connectivity index (χ0) is 18.8. The molecule has 6 nitrogen and oxygen atoms in total. The maximum atomic E-state index is 5.53. The Hall–Kier alpha value is -3.54. The molecule has 0 saturated carbocycles. The van der Waals surface area contributed by atoms with Crippen LogP contribution in [0.1, 0.15) is 0 Å². The molecule has 0 spiro atoms. The highest BCUT2D eigenvalue weighted by molar-refractivity contribution is 5.71. The molecule has 0 radical (unpaired) electrons. The van der Waals surface area contributed by atoms with Crippen LogP contribution in [-0.4, -0.2) is 35.9 Å². The van der Waals surface area contributed by atoms with Gasteiger partial charge in [0.2, 0.25) is 0 Å². The zero-order valence-corrected chi connectivity index (χ0v) is 15.3. The third kappa shape index (κ3) is 3.06. The van der Waals surface area contributed by atoms with Crippen molar-refractivity contribution < 1.29 is 14.2 Å². The highest BCUT2D eigenvalue weighted by Gasteiger charge is 2.14. The van der Waals surface area contributed by atoms with Crippen molar-refractivity contribution in [2.24, 2.45) is 0 Å². The number of ether oxygens (including phenoxy) is 3. The van der Waals surface area contributed by atoms with Crippen molar-refractivity contribution in [1.29, 1.82) is 0 Å². The van der Waals surface area contributed by atoms with Crippen LogP contribution in [0, 0.1) is 0 Å². The fourth-order valence-electron chi connectivity index (χ4n) is 3.01. The summed E-state index contributed by atoms with van der Waals surface area (Å²) >= 11 is 0. The summed E-state index contributed by atoms with van der Waals surface area (Å²) in [6.07, 6.45) is 2.02. The molecule has 136 valence electrons.